The minimum absolute atomic E-state index is 0.0541. The fourth-order valence-corrected chi connectivity index (χ4v) is 2.90. The van der Waals surface area contributed by atoms with Crippen molar-refractivity contribution >= 4 is 5.91 Å². The van der Waals surface area contributed by atoms with Crippen molar-refractivity contribution in [3.63, 3.8) is 0 Å². The Labute approximate surface area is 132 Å². The lowest BCUT2D eigenvalue weighted by Crippen LogP contribution is -2.45. The minimum Gasteiger partial charge on any atom is -0.395 e. The number of methoxy groups -OCH3 is 1. The van der Waals surface area contributed by atoms with Crippen LogP contribution in [0.5, 0.6) is 0 Å². The summed E-state index contributed by atoms with van der Waals surface area (Å²) in [4.78, 5) is 14.4. The molecule has 0 saturated carbocycles. The zero-order chi connectivity index (χ0) is 15.8. The van der Waals surface area contributed by atoms with Crippen LogP contribution in [0.15, 0.2) is 24.3 Å². The van der Waals surface area contributed by atoms with Gasteiger partial charge in [-0.15, -0.1) is 0 Å². The molecule has 5 heteroatoms. The van der Waals surface area contributed by atoms with Crippen molar-refractivity contribution in [3.8, 4) is 0 Å². The lowest BCUT2D eigenvalue weighted by atomic mass is 10.0. The number of nitrogens with one attached hydrogen (secondary N) is 1. The van der Waals surface area contributed by atoms with Gasteiger partial charge in [-0.05, 0) is 37.1 Å². The number of nitrogens with zero attached hydrogens (tertiary/aromatic N) is 1. The predicted molar refractivity (Wildman–Crippen MR) is 85.8 cm³/mol. The number of hydrogen-bond acceptors (Lipinski definition) is 4. The Hall–Kier alpha value is -1.43. The number of carbonyl (C=O) groups is 1. The van der Waals surface area contributed by atoms with E-state index < -0.39 is 0 Å². The molecule has 0 aromatic heterocycles. The van der Waals surface area contributed by atoms with Gasteiger partial charge in [0.1, 0.15) is 0 Å². The molecule has 1 atom stereocenters. The summed E-state index contributed by atoms with van der Waals surface area (Å²) in [7, 11) is 1.65. The number of rotatable bonds is 7. The number of aliphatic hydroxyl groups is 1. The Balaban J connectivity index is 1.77. The van der Waals surface area contributed by atoms with E-state index in [0.29, 0.717) is 18.7 Å². The molecule has 1 amide bonds. The highest BCUT2D eigenvalue weighted by molar-refractivity contribution is 5.94. The second-order valence-electron chi connectivity index (χ2n) is 5.75. The Morgan fingerprint density at radius 3 is 2.82 bits per heavy atom. The molecule has 1 fully saturated rings. The molecule has 2 N–H and O–H groups in total. The fraction of sp³-hybridized carbons (Fsp3) is 0.588. The third-order valence-electron chi connectivity index (χ3n) is 4.17. The summed E-state index contributed by atoms with van der Waals surface area (Å²) in [6, 6.07) is 7.71. The van der Waals surface area contributed by atoms with Crippen molar-refractivity contribution in [2.24, 2.45) is 0 Å². The largest absolute Gasteiger partial charge is 0.395 e. The minimum atomic E-state index is -0.0541. The van der Waals surface area contributed by atoms with E-state index >= 15 is 0 Å². The first kappa shape index (κ1) is 16.9. The lowest BCUT2D eigenvalue weighted by Gasteiger charge is -2.34. The van der Waals surface area contributed by atoms with Crippen molar-refractivity contribution in [3.05, 3.63) is 35.4 Å². The summed E-state index contributed by atoms with van der Waals surface area (Å²) in [6.07, 6.45) is 3.40. The highest BCUT2D eigenvalue weighted by atomic mass is 16.5. The van der Waals surface area contributed by atoms with Crippen molar-refractivity contribution in [1.82, 2.24) is 10.2 Å². The molecule has 0 aliphatic carbocycles. The van der Waals surface area contributed by atoms with E-state index in [4.69, 9.17) is 4.74 Å². The van der Waals surface area contributed by atoms with E-state index in [-0.39, 0.29) is 18.6 Å². The lowest BCUT2D eigenvalue weighted by molar-refractivity contribution is 0.0849. The van der Waals surface area contributed by atoms with Gasteiger partial charge in [0.2, 0.25) is 0 Å². The van der Waals surface area contributed by atoms with Crippen LogP contribution in [0, 0.1) is 0 Å². The Kier molecular flexibility index (Phi) is 6.83. The zero-order valence-corrected chi connectivity index (χ0v) is 13.3. The molecule has 0 spiro atoms. The monoisotopic (exact) mass is 306 g/mol. The summed E-state index contributed by atoms with van der Waals surface area (Å²) in [6.45, 7) is 3.16. The van der Waals surface area contributed by atoms with E-state index in [2.05, 4.69) is 10.2 Å². The third kappa shape index (κ3) is 4.80. The number of carbonyl (C=O) groups excluding carboxylic acids is 1. The summed E-state index contributed by atoms with van der Waals surface area (Å²) in [5.74, 6) is -0.0541. The zero-order valence-electron chi connectivity index (χ0n) is 13.3. The van der Waals surface area contributed by atoms with Crippen LogP contribution < -0.4 is 5.32 Å². The standard InChI is InChI=1S/C17H26N2O3/c1-22-13-14-5-7-15(8-6-14)17(21)18-9-11-19-10-3-2-4-16(19)12-20/h5-8,16,20H,2-4,9-13H2,1H3,(H,18,21)/t16-/m1/s1. The maximum atomic E-state index is 12.1. The van der Waals surface area contributed by atoms with Crippen molar-refractivity contribution in [2.45, 2.75) is 31.9 Å². The van der Waals surface area contributed by atoms with Crippen LogP contribution in [0.1, 0.15) is 35.2 Å². The smallest absolute Gasteiger partial charge is 0.251 e. The number of amides is 1. The van der Waals surface area contributed by atoms with Crippen LogP contribution >= 0.6 is 0 Å². The molecule has 1 aromatic carbocycles. The summed E-state index contributed by atoms with van der Waals surface area (Å²) >= 11 is 0. The molecule has 0 bridgehead atoms. The number of likely N-dealkylation sites (tertiary alicyclic amines) is 1. The van der Waals surface area contributed by atoms with E-state index in [9.17, 15) is 9.90 Å². The average Bonchev–Trinajstić information content (AvgIpc) is 2.56. The molecule has 1 aliphatic rings. The number of piperidine rings is 1. The van der Waals surface area contributed by atoms with Gasteiger partial charge in [-0.2, -0.15) is 0 Å². The van der Waals surface area contributed by atoms with Crippen LogP contribution in [0.25, 0.3) is 0 Å². The molecule has 5 nitrogen and oxygen atoms in total. The van der Waals surface area contributed by atoms with Crippen LogP contribution in [0.3, 0.4) is 0 Å². The van der Waals surface area contributed by atoms with Crippen molar-refractivity contribution < 1.29 is 14.6 Å². The molecule has 1 saturated heterocycles. The summed E-state index contributed by atoms with van der Waals surface area (Å²) in [5, 5.41) is 12.3. The molecule has 2 rings (SSSR count). The first-order valence-electron chi connectivity index (χ1n) is 7.95. The van der Waals surface area contributed by atoms with E-state index in [1.54, 1.807) is 7.11 Å². The number of hydrogen-bond donors (Lipinski definition) is 2. The fourth-order valence-electron chi connectivity index (χ4n) is 2.90. The van der Waals surface area contributed by atoms with E-state index in [1.165, 1.54) is 12.8 Å². The maximum absolute atomic E-state index is 12.1. The SMILES string of the molecule is COCc1ccc(C(=O)NCCN2CCCC[C@@H]2CO)cc1. The van der Waals surface area contributed by atoms with Crippen LogP contribution in [-0.2, 0) is 11.3 Å². The number of ether oxygens (including phenoxy) is 1. The normalized spacial score (nSPS) is 19.1. The highest BCUT2D eigenvalue weighted by Crippen LogP contribution is 2.15. The molecule has 0 radical (unpaired) electrons. The first-order chi connectivity index (χ1) is 10.7. The Bertz CT molecular complexity index is 461. The van der Waals surface area contributed by atoms with Crippen molar-refractivity contribution in [1.29, 1.82) is 0 Å². The van der Waals surface area contributed by atoms with Gasteiger partial charge in [0.05, 0.1) is 13.2 Å². The van der Waals surface area contributed by atoms with Gasteiger partial charge < -0.3 is 15.2 Å². The molecule has 122 valence electrons. The van der Waals surface area contributed by atoms with Gasteiger partial charge in [0.25, 0.3) is 5.91 Å². The number of benzene rings is 1. The molecule has 0 unspecified atom stereocenters. The van der Waals surface area contributed by atoms with E-state index in [0.717, 1.165) is 25.1 Å². The molecule has 1 heterocycles. The average molecular weight is 306 g/mol. The van der Waals surface area contributed by atoms with E-state index in [1.807, 2.05) is 24.3 Å². The topological polar surface area (TPSA) is 61.8 Å². The maximum Gasteiger partial charge on any atom is 0.251 e. The first-order valence-corrected chi connectivity index (χ1v) is 7.95. The van der Waals surface area contributed by atoms with Crippen LogP contribution in [-0.4, -0.2) is 55.3 Å². The second-order valence-corrected chi connectivity index (χ2v) is 5.75. The Morgan fingerprint density at radius 1 is 1.36 bits per heavy atom. The molecule has 1 aromatic rings. The highest BCUT2D eigenvalue weighted by Gasteiger charge is 2.21. The summed E-state index contributed by atoms with van der Waals surface area (Å²) in [5.41, 5.74) is 1.72. The molecular weight excluding hydrogens is 280 g/mol. The molecular formula is C17H26N2O3. The van der Waals surface area contributed by atoms with Gasteiger partial charge in [-0.3, -0.25) is 9.69 Å². The van der Waals surface area contributed by atoms with Crippen molar-refractivity contribution in [2.75, 3.05) is 33.4 Å². The quantitative estimate of drug-likeness (QED) is 0.799. The predicted octanol–water partition coefficient (Wildman–Crippen LogP) is 1.41. The third-order valence-corrected chi connectivity index (χ3v) is 4.17. The van der Waals surface area contributed by atoms with Gasteiger partial charge >= 0.3 is 0 Å². The molecule has 1 aliphatic heterocycles. The van der Waals surface area contributed by atoms with Crippen LogP contribution in [0.4, 0.5) is 0 Å². The Morgan fingerprint density at radius 2 is 2.14 bits per heavy atom. The molecule has 22 heavy (non-hydrogen) atoms. The van der Waals surface area contributed by atoms with Crippen LogP contribution in [0.2, 0.25) is 0 Å². The summed E-state index contributed by atoms with van der Waals surface area (Å²) < 4.78 is 5.05. The number of aliphatic hydroxyl groups excluding tert-OH is 1. The van der Waals surface area contributed by atoms with Gasteiger partial charge in [-0.1, -0.05) is 18.6 Å². The second kappa shape index (κ2) is 8.88. The van der Waals surface area contributed by atoms with Gasteiger partial charge in [0, 0.05) is 31.8 Å². The van der Waals surface area contributed by atoms with Gasteiger partial charge in [-0.25, -0.2) is 0 Å². The van der Waals surface area contributed by atoms with Gasteiger partial charge in [0.15, 0.2) is 0 Å².